The highest BCUT2D eigenvalue weighted by molar-refractivity contribution is 7.80. The Hall–Kier alpha value is -0.670. The van der Waals surface area contributed by atoms with Gasteiger partial charge in [0.1, 0.15) is 0 Å². The Balaban J connectivity index is 1.49. The Labute approximate surface area is 123 Å². The lowest BCUT2D eigenvalue weighted by Crippen LogP contribution is -2.49. The molecule has 0 saturated heterocycles. The van der Waals surface area contributed by atoms with Crippen LogP contribution in [-0.4, -0.2) is 10.3 Å². The molecule has 4 aliphatic rings. The molecule has 0 aromatic heterocycles. The molecule has 5 rings (SSSR count). The molecule has 3 heteroatoms. The summed E-state index contributed by atoms with van der Waals surface area (Å²) in [4.78, 5) is 0.810. The summed E-state index contributed by atoms with van der Waals surface area (Å²) in [5.74, 6) is 3.21. The minimum Gasteiger partial charge on any atom is -0.283 e. The van der Waals surface area contributed by atoms with Crippen LogP contribution in [0.5, 0.6) is 0 Å². The number of hydrogen-bond donors (Lipinski definition) is 0. The summed E-state index contributed by atoms with van der Waals surface area (Å²) in [5, 5.41) is 0. The Morgan fingerprint density at radius 1 is 0.950 bits per heavy atom. The van der Waals surface area contributed by atoms with Crippen molar-refractivity contribution in [3.63, 3.8) is 0 Å². The van der Waals surface area contributed by atoms with Gasteiger partial charge in [0.05, 0.1) is 11.0 Å². The predicted octanol–water partition coefficient (Wildman–Crippen LogP) is 3.86. The van der Waals surface area contributed by atoms with Crippen LogP contribution in [0.2, 0.25) is 0 Å². The second kappa shape index (κ2) is 4.96. The molecule has 4 fully saturated rings. The molecule has 0 unspecified atom stereocenters. The fraction of sp³-hybridized carbons (Fsp3) is 0.647. The Morgan fingerprint density at radius 3 is 2.05 bits per heavy atom. The molecule has 1 aromatic rings. The van der Waals surface area contributed by atoms with Crippen molar-refractivity contribution in [3.8, 4) is 0 Å². The Bertz CT molecular complexity index is 494. The van der Waals surface area contributed by atoms with Crippen LogP contribution in [0.25, 0.3) is 0 Å². The van der Waals surface area contributed by atoms with Gasteiger partial charge >= 0.3 is 0 Å². The van der Waals surface area contributed by atoms with Gasteiger partial charge in [-0.3, -0.25) is 4.18 Å². The third-order valence-electron chi connectivity index (χ3n) is 5.55. The van der Waals surface area contributed by atoms with Crippen molar-refractivity contribution < 1.29 is 8.39 Å². The van der Waals surface area contributed by atoms with E-state index in [0.717, 1.165) is 16.7 Å². The maximum atomic E-state index is 12.4. The van der Waals surface area contributed by atoms with Crippen molar-refractivity contribution in [3.05, 3.63) is 29.8 Å². The largest absolute Gasteiger partial charge is 0.283 e. The molecule has 4 aliphatic carbocycles. The lowest BCUT2D eigenvalue weighted by molar-refractivity contribution is -0.0741. The van der Waals surface area contributed by atoms with Gasteiger partial charge < -0.3 is 0 Å². The summed E-state index contributed by atoms with van der Waals surface area (Å²) in [7, 11) is 0. The van der Waals surface area contributed by atoms with Crippen molar-refractivity contribution in [1.82, 2.24) is 0 Å². The molecule has 1 aromatic carbocycles. The third-order valence-corrected chi connectivity index (χ3v) is 6.61. The van der Waals surface area contributed by atoms with Gasteiger partial charge in [-0.2, -0.15) is 0 Å². The molecule has 4 saturated carbocycles. The summed E-state index contributed by atoms with van der Waals surface area (Å²) in [6, 6.07) is 7.88. The van der Waals surface area contributed by atoms with Crippen molar-refractivity contribution in [2.45, 2.75) is 50.0 Å². The first-order valence-corrected chi connectivity index (χ1v) is 8.92. The summed E-state index contributed by atoms with van der Waals surface area (Å²) in [6.07, 6.45) is 6.92. The highest BCUT2D eigenvalue weighted by atomic mass is 32.2. The van der Waals surface area contributed by atoms with Crippen LogP contribution in [0, 0.1) is 30.6 Å². The topological polar surface area (TPSA) is 26.3 Å². The minimum absolute atomic E-state index is 0.241. The monoisotopic (exact) mass is 290 g/mol. The quantitative estimate of drug-likeness (QED) is 0.845. The van der Waals surface area contributed by atoms with Crippen LogP contribution in [0.4, 0.5) is 0 Å². The van der Waals surface area contributed by atoms with Crippen LogP contribution >= 0.6 is 0 Å². The van der Waals surface area contributed by atoms with E-state index < -0.39 is 11.1 Å². The molecule has 4 bridgehead atoms. The average Bonchev–Trinajstić information content (AvgIpc) is 2.42. The van der Waals surface area contributed by atoms with Crippen LogP contribution in [0.15, 0.2) is 29.2 Å². The average molecular weight is 290 g/mol. The van der Waals surface area contributed by atoms with Gasteiger partial charge in [-0.25, -0.2) is 4.21 Å². The first kappa shape index (κ1) is 13.0. The van der Waals surface area contributed by atoms with E-state index >= 15 is 0 Å². The lowest BCUT2D eigenvalue weighted by atomic mass is 9.55. The SMILES string of the molecule is Cc1ccc([S@](=O)OC2C3CC4CC(C3)CC2C4)cc1. The van der Waals surface area contributed by atoms with Gasteiger partial charge in [0, 0.05) is 0 Å². The van der Waals surface area contributed by atoms with E-state index in [-0.39, 0.29) is 6.10 Å². The van der Waals surface area contributed by atoms with Gasteiger partial charge in [-0.05, 0) is 74.8 Å². The Morgan fingerprint density at radius 2 is 1.50 bits per heavy atom. The first-order chi connectivity index (χ1) is 9.69. The molecule has 20 heavy (non-hydrogen) atoms. The maximum Gasteiger partial charge on any atom is 0.189 e. The number of rotatable bonds is 3. The molecule has 0 aliphatic heterocycles. The standard InChI is InChI=1S/C17H22O2S/c1-11-2-4-16(5-3-11)20(18)19-17-14-7-12-6-13(9-14)10-15(17)8-12/h2-5,12-15,17H,6-10H2,1H3/t12?,13?,14?,15?,17?,20-/m1/s1. The highest BCUT2D eigenvalue weighted by Crippen LogP contribution is 2.54. The number of aryl methyl sites for hydroxylation is 1. The highest BCUT2D eigenvalue weighted by Gasteiger charge is 2.49. The van der Waals surface area contributed by atoms with Gasteiger partial charge in [-0.15, -0.1) is 0 Å². The molecule has 108 valence electrons. The van der Waals surface area contributed by atoms with Crippen LogP contribution < -0.4 is 0 Å². The van der Waals surface area contributed by atoms with Gasteiger partial charge in [-0.1, -0.05) is 17.7 Å². The first-order valence-electron chi connectivity index (χ1n) is 7.84. The van der Waals surface area contributed by atoms with Crippen molar-refractivity contribution in [2.75, 3.05) is 0 Å². The van der Waals surface area contributed by atoms with Gasteiger partial charge in [0.25, 0.3) is 0 Å². The number of hydrogen-bond acceptors (Lipinski definition) is 2. The normalized spacial score (nSPS) is 40.0. The van der Waals surface area contributed by atoms with E-state index in [0.29, 0.717) is 11.8 Å². The summed E-state index contributed by atoms with van der Waals surface area (Å²) in [5.41, 5.74) is 1.19. The second-order valence-electron chi connectivity index (χ2n) is 7.04. The summed E-state index contributed by atoms with van der Waals surface area (Å²) in [6.45, 7) is 2.05. The van der Waals surface area contributed by atoms with E-state index in [2.05, 4.69) is 0 Å². The molecule has 0 radical (unpaired) electrons. The lowest BCUT2D eigenvalue weighted by Gasteiger charge is -2.53. The van der Waals surface area contributed by atoms with E-state index in [1.807, 2.05) is 31.2 Å². The molecule has 2 nitrogen and oxygen atoms in total. The molecular weight excluding hydrogens is 268 g/mol. The van der Waals surface area contributed by atoms with E-state index in [4.69, 9.17) is 4.18 Å². The predicted molar refractivity (Wildman–Crippen MR) is 79.5 cm³/mol. The maximum absolute atomic E-state index is 12.4. The van der Waals surface area contributed by atoms with Gasteiger partial charge in [0.15, 0.2) is 11.1 Å². The van der Waals surface area contributed by atoms with E-state index in [1.54, 1.807) is 0 Å². The van der Waals surface area contributed by atoms with Crippen molar-refractivity contribution in [1.29, 1.82) is 0 Å². The van der Waals surface area contributed by atoms with Crippen molar-refractivity contribution in [2.24, 2.45) is 23.7 Å². The second-order valence-corrected chi connectivity index (χ2v) is 8.17. The Kier molecular flexibility index (Phi) is 3.23. The van der Waals surface area contributed by atoms with Gasteiger partial charge in [0.2, 0.25) is 0 Å². The smallest absolute Gasteiger partial charge is 0.189 e. The number of benzene rings is 1. The third kappa shape index (κ3) is 2.25. The fourth-order valence-electron chi connectivity index (χ4n) is 4.84. The molecule has 0 N–H and O–H groups in total. The molecule has 0 spiro atoms. The van der Waals surface area contributed by atoms with Crippen LogP contribution in [0.1, 0.15) is 37.7 Å². The molecule has 0 heterocycles. The van der Waals surface area contributed by atoms with Crippen LogP contribution in [0.3, 0.4) is 0 Å². The molecular formula is C17H22O2S. The zero-order valence-corrected chi connectivity index (χ0v) is 12.8. The van der Waals surface area contributed by atoms with Crippen molar-refractivity contribution >= 4 is 11.1 Å². The molecule has 1 atom stereocenters. The summed E-state index contributed by atoms with van der Waals surface area (Å²) >= 11 is -1.29. The van der Waals surface area contributed by atoms with E-state index in [9.17, 15) is 4.21 Å². The zero-order chi connectivity index (χ0) is 13.7. The fourth-order valence-corrected chi connectivity index (χ4v) is 5.82. The zero-order valence-electron chi connectivity index (χ0n) is 12.0. The van der Waals surface area contributed by atoms with Crippen LogP contribution in [-0.2, 0) is 15.3 Å². The minimum atomic E-state index is -1.29. The summed E-state index contributed by atoms with van der Waals surface area (Å²) < 4.78 is 18.5. The molecule has 0 amide bonds. The van der Waals surface area contributed by atoms with E-state index in [1.165, 1.54) is 37.7 Å².